The van der Waals surface area contributed by atoms with Crippen LogP contribution in [0.25, 0.3) is 16.6 Å². The Kier molecular flexibility index (Phi) is 3.25. The first-order valence-corrected chi connectivity index (χ1v) is 8.29. The molecule has 0 unspecified atom stereocenters. The molecule has 3 aromatic rings. The second kappa shape index (κ2) is 5.27. The van der Waals surface area contributed by atoms with Gasteiger partial charge in [0, 0.05) is 24.0 Å². The van der Waals surface area contributed by atoms with Crippen molar-refractivity contribution in [3.63, 3.8) is 0 Å². The number of benzene rings is 1. The van der Waals surface area contributed by atoms with Gasteiger partial charge in [-0.15, -0.1) is 0 Å². The fourth-order valence-corrected chi connectivity index (χ4v) is 3.68. The summed E-state index contributed by atoms with van der Waals surface area (Å²) in [6, 6.07) is 11.2. The fraction of sp³-hybridized carbons (Fsp3) is 0.444. The summed E-state index contributed by atoms with van der Waals surface area (Å²) in [5.74, 6) is 1.13. The van der Waals surface area contributed by atoms with E-state index in [-0.39, 0.29) is 0 Å². The first kappa shape index (κ1) is 13.6. The van der Waals surface area contributed by atoms with Gasteiger partial charge < -0.3 is 4.90 Å². The molecule has 0 amide bonds. The summed E-state index contributed by atoms with van der Waals surface area (Å²) >= 11 is 0. The number of para-hydroxylation sites is 1. The molecule has 1 aromatic carbocycles. The van der Waals surface area contributed by atoms with E-state index in [1.807, 2.05) is 11.4 Å². The Morgan fingerprint density at radius 1 is 1.23 bits per heavy atom. The second-order valence-electron chi connectivity index (χ2n) is 6.26. The van der Waals surface area contributed by atoms with Crippen LogP contribution in [0.3, 0.4) is 0 Å². The van der Waals surface area contributed by atoms with E-state index in [9.17, 15) is 0 Å². The lowest BCUT2D eigenvalue weighted by atomic mass is 9.99. The van der Waals surface area contributed by atoms with Gasteiger partial charge in [-0.1, -0.05) is 19.1 Å². The Bertz CT molecular complexity index is 820. The molecule has 1 aliphatic heterocycles. The van der Waals surface area contributed by atoms with Crippen LogP contribution in [-0.4, -0.2) is 27.2 Å². The fourth-order valence-electron chi connectivity index (χ4n) is 3.68. The molecule has 1 aliphatic rings. The van der Waals surface area contributed by atoms with Gasteiger partial charge in [-0.25, -0.2) is 9.50 Å². The molecule has 3 heterocycles. The van der Waals surface area contributed by atoms with Crippen LogP contribution in [0.1, 0.15) is 38.3 Å². The normalized spacial score (nSPS) is 19.2. The van der Waals surface area contributed by atoms with Crippen LogP contribution in [-0.2, 0) is 0 Å². The first-order chi connectivity index (χ1) is 10.8. The summed E-state index contributed by atoms with van der Waals surface area (Å²) in [6.07, 6.45) is 5.05. The van der Waals surface area contributed by atoms with Gasteiger partial charge in [-0.2, -0.15) is 5.10 Å². The molecule has 0 saturated carbocycles. The second-order valence-corrected chi connectivity index (χ2v) is 6.26. The predicted octanol–water partition coefficient (Wildman–Crippen LogP) is 3.96. The Balaban J connectivity index is 1.98. The van der Waals surface area contributed by atoms with Crippen LogP contribution >= 0.6 is 0 Å². The summed E-state index contributed by atoms with van der Waals surface area (Å²) in [6.45, 7) is 5.42. The summed E-state index contributed by atoms with van der Waals surface area (Å²) in [4.78, 5) is 7.49. The summed E-state index contributed by atoms with van der Waals surface area (Å²) in [5.41, 5.74) is 3.11. The number of fused-ring (bicyclic) bond motifs is 3. The van der Waals surface area contributed by atoms with Crippen LogP contribution < -0.4 is 4.90 Å². The smallest absolute Gasteiger partial charge is 0.158 e. The van der Waals surface area contributed by atoms with Crippen LogP contribution in [0, 0.1) is 6.92 Å². The third-order valence-electron chi connectivity index (χ3n) is 4.78. The standard InChI is InChI=1S/C18H22N4/c1-3-14-8-6-7-11-21(14)18-15-9-4-5-10-16(15)22-17(19-18)12-13(2)20-22/h4-5,9-10,12,14H,3,6-8,11H2,1-2H3/t14-/m0/s1. The molecule has 1 atom stereocenters. The quantitative estimate of drug-likeness (QED) is 0.717. The molecule has 0 radical (unpaired) electrons. The number of aromatic nitrogens is 3. The van der Waals surface area contributed by atoms with Crippen molar-refractivity contribution < 1.29 is 0 Å². The lowest BCUT2D eigenvalue weighted by Gasteiger charge is -2.36. The highest BCUT2D eigenvalue weighted by Crippen LogP contribution is 2.31. The Hall–Kier alpha value is -2.10. The van der Waals surface area contributed by atoms with Gasteiger partial charge >= 0.3 is 0 Å². The van der Waals surface area contributed by atoms with Crippen molar-refractivity contribution in [1.82, 2.24) is 14.6 Å². The highest BCUT2D eigenvalue weighted by Gasteiger charge is 2.24. The van der Waals surface area contributed by atoms with Gasteiger partial charge in [0.05, 0.1) is 11.2 Å². The maximum atomic E-state index is 4.97. The van der Waals surface area contributed by atoms with E-state index >= 15 is 0 Å². The maximum absolute atomic E-state index is 4.97. The minimum Gasteiger partial charge on any atom is -0.353 e. The van der Waals surface area contributed by atoms with Crippen LogP contribution in [0.2, 0.25) is 0 Å². The molecule has 1 saturated heterocycles. The van der Waals surface area contributed by atoms with Crippen LogP contribution in [0.4, 0.5) is 5.82 Å². The molecule has 0 N–H and O–H groups in total. The van der Waals surface area contributed by atoms with E-state index in [0.717, 1.165) is 29.2 Å². The van der Waals surface area contributed by atoms with Gasteiger partial charge in [0.2, 0.25) is 0 Å². The van der Waals surface area contributed by atoms with Crippen molar-refractivity contribution in [2.24, 2.45) is 0 Å². The largest absolute Gasteiger partial charge is 0.353 e. The number of aryl methyl sites for hydroxylation is 1. The molecule has 4 rings (SSSR count). The predicted molar refractivity (Wildman–Crippen MR) is 90.5 cm³/mol. The molecule has 114 valence electrons. The minimum atomic E-state index is 0.608. The SMILES string of the molecule is CC[C@H]1CCCCN1c1nc2cc(C)nn2c2ccccc12. The molecular formula is C18H22N4. The molecule has 0 spiro atoms. The number of anilines is 1. The van der Waals surface area contributed by atoms with Crippen molar-refractivity contribution >= 4 is 22.4 Å². The zero-order valence-electron chi connectivity index (χ0n) is 13.3. The van der Waals surface area contributed by atoms with E-state index in [2.05, 4.69) is 47.3 Å². The summed E-state index contributed by atoms with van der Waals surface area (Å²) in [7, 11) is 0. The third kappa shape index (κ3) is 2.05. The van der Waals surface area contributed by atoms with E-state index in [1.54, 1.807) is 0 Å². The lowest BCUT2D eigenvalue weighted by molar-refractivity contribution is 0.448. The highest BCUT2D eigenvalue weighted by atomic mass is 15.3. The van der Waals surface area contributed by atoms with Crippen molar-refractivity contribution in [2.45, 2.75) is 45.6 Å². The molecule has 22 heavy (non-hydrogen) atoms. The van der Waals surface area contributed by atoms with E-state index in [0.29, 0.717) is 6.04 Å². The van der Waals surface area contributed by atoms with Gasteiger partial charge in [0.25, 0.3) is 0 Å². The topological polar surface area (TPSA) is 33.4 Å². The van der Waals surface area contributed by atoms with E-state index in [4.69, 9.17) is 4.98 Å². The number of hydrogen-bond donors (Lipinski definition) is 0. The minimum absolute atomic E-state index is 0.608. The maximum Gasteiger partial charge on any atom is 0.158 e. The van der Waals surface area contributed by atoms with Crippen molar-refractivity contribution in [2.75, 3.05) is 11.4 Å². The first-order valence-electron chi connectivity index (χ1n) is 8.29. The molecule has 1 fully saturated rings. The molecule has 4 heteroatoms. The number of piperidine rings is 1. The monoisotopic (exact) mass is 294 g/mol. The molecular weight excluding hydrogens is 272 g/mol. The summed E-state index contributed by atoms with van der Waals surface area (Å²) in [5, 5.41) is 5.81. The number of rotatable bonds is 2. The Morgan fingerprint density at radius 3 is 2.95 bits per heavy atom. The van der Waals surface area contributed by atoms with Crippen LogP contribution in [0.5, 0.6) is 0 Å². The van der Waals surface area contributed by atoms with Crippen molar-refractivity contribution in [3.05, 3.63) is 36.0 Å². The molecule has 2 aromatic heterocycles. The average Bonchev–Trinajstić information content (AvgIpc) is 2.94. The molecule has 0 bridgehead atoms. The average molecular weight is 294 g/mol. The van der Waals surface area contributed by atoms with Gasteiger partial charge in [0.15, 0.2) is 5.65 Å². The van der Waals surface area contributed by atoms with Crippen LogP contribution in [0.15, 0.2) is 30.3 Å². The van der Waals surface area contributed by atoms with Gasteiger partial charge in [0.1, 0.15) is 5.82 Å². The zero-order valence-corrected chi connectivity index (χ0v) is 13.3. The van der Waals surface area contributed by atoms with E-state index < -0.39 is 0 Å². The molecule has 4 nitrogen and oxygen atoms in total. The van der Waals surface area contributed by atoms with Gasteiger partial charge in [-0.3, -0.25) is 0 Å². The number of hydrogen-bond acceptors (Lipinski definition) is 3. The number of nitrogens with zero attached hydrogens (tertiary/aromatic N) is 4. The Morgan fingerprint density at radius 2 is 2.09 bits per heavy atom. The van der Waals surface area contributed by atoms with Crippen molar-refractivity contribution in [1.29, 1.82) is 0 Å². The Labute approximate surface area is 130 Å². The molecule has 0 aliphatic carbocycles. The summed E-state index contributed by atoms with van der Waals surface area (Å²) < 4.78 is 1.97. The zero-order chi connectivity index (χ0) is 15.1. The van der Waals surface area contributed by atoms with Gasteiger partial charge in [-0.05, 0) is 44.7 Å². The van der Waals surface area contributed by atoms with Crippen molar-refractivity contribution in [3.8, 4) is 0 Å². The third-order valence-corrected chi connectivity index (χ3v) is 4.78. The lowest BCUT2D eigenvalue weighted by Crippen LogP contribution is -2.39. The highest BCUT2D eigenvalue weighted by molar-refractivity contribution is 5.92. The van der Waals surface area contributed by atoms with E-state index in [1.165, 1.54) is 31.1 Å².